The van der Waals surface area contributed by atoms with Gasteiger partial charge in [0.1, 0.15) is 4.90 Å². The summed E-state index contributed by atoms with van der Waals surface area (Å²) in [5.74, 6) is -1.20. The summed E-state index contributed by atoms with van der Waals surface area (Å²) in [5.41, 5.74) is 0.622. The first kappa shape index (κ1) is 15.8. The summed E-state index contributed by atoms with van der Waals surface area (Å²) in [5, 5.41) is 15.6. The number of anilines is 1. The van der Waals surface area contributed by atoms with Crippen molar-refractivity contribution in [2.75, 3.05) is 4.72 Å². The monoisotopic (exact) mass is 421 g/mol. The van der Waals surface area contributed by atoms with Gasteiger partial charge in [0.15, 0.2) is 0 Å². The van der Waals surface area contributed by atoms with Crippen molar-refractivity contribution < 1.29 is 18.3 Å². The van der Waals surface area contributed by atoms with E-state index in [2.05, 4.69) is 14.9 Å². The summed E-state index contributed by atoms with van der Waals surface area (Å²) in [6, 6.07) is 4.45. The molecular formula is C12H12IN3O4S. The summed E-state index contributed by atoms with van der Waals surface area (Å²) < 4.78 is 27.8. The molecule has 0 saturated heterocycles. The molecule has 7 nitrogen and oxygen atoms in total. The molecule has 3 N–H and O–H groups in total. The maximum Gasteiger partial charge on any atom is 0.337 e. The minimum absolute atomic E-state index is 0.0166. The number of halogens is 1. The third-order valence-corrected chi connectivity index (χ3v) is 5.08. The van der Waals surface area contributed by atoms with Gasteiger partial charge in [-0.05, 0) is 54.6 Å². The van der Waals surface area contributed by atoms with Gasteiger partial charge in [-0.25, -0.2) is 13.2 Å². The van der Waals surface area contributed by atoms with Gasteiger partial charge in [0.25, 0.3) is 10.0 Å². The van der Waals surface area contributed by atoms with Crippen LogP contribution < -0.4 is 4.72 Å². The van der Waals surface area contributed by atoms with E-state index in [4.69, 9.17) is 0 Å². The Labute approximate surface area is 135 Å². The van der Waals surface area contributed by atoms with Gasteiger partial charge in [-0.1, -0.05) is 0 Å². The van der Waals surface area contributed by atoms with E-state index in [0.29, 0.717) is 15.0 Å². The molecule has 0 unspecified atom stereocenters. The lowest BCUT2D eigenvalue weighted by atomic mass is 10.2. The second-order valence-corrected chi connectivity index (χ2v) is 7.23. The third-order valence-electron chi connectivity index (χ3n) is 2.79. The zero-order valence-corrected chi connectivity index (χ0v) is 14.1. The number of nitrogens with zero attached hydrogens (tertiary/aromatic N) is 1. The molecule has 1 heterocycles. The zero-order valence-electron chi connectivity index (χ0n) is 11.1. The van der Waals surface area contributed by atoms with Crippen LogP contribution in [0.1, 0.15) is 21.7 Å². The quantitative estimate of drug-likeness (QED) is 0.655. The highest BCUT2D eigenvalue weighted by atomic mass is 127. The van der Waals surface area contributed by atoms with Gasteiger partial charge < -0.3 is 5.11 Å². The molecule has 0 aliphatic carbocycles. The van der Waals surface area contributed by atoms with Crippen LogP contribution in [0.5, 0.6) is 0 Å². The van der Waals surface area contributed by atoms with Gasteiger partial charge in [0, 0.05) is 3.57 Å². The Balaban J connectivity index is 2.50. The van der Waals surface area contributed by atoms with Crippen LogP contribution in [0.25, 0.3) is 0 Å². The van der Waals surface area contributed by atoms with Crippen molar-refractivity contribution in [1.29, 1.82) is 0 Å². The minimum Gasteiger partial charge on any atom is -0.478 e. The van der Waals surface area contributed by atoms with Gasteiger partial charge in [-0.15, -0.1) is 0 Å². The molecule has 0 aliphatic rings. The number of sulfonamides is 1. The van der Waals surface area contributed by atoms with E-state index in [1.54, 1.807) is 19.9 Å². The van der Waals surface area contributed by atoms with Gasteiger partial charge in [-0.3, -0.25) is 9.82 Å². The summed E-state index contributed by atoms with van der Waals surface area (Å²) in [4.78, 5) is 11.2. The zero-order chi connectivity index (χ0) is 15.8. The number of hydrogen-bond acceptors (Lipinski definition) is 4. The molecule has 1 aromatic carbocycles. The molecule has 21 heavy (non-hydrogen) atoms. The van der Waals surface area contributed by atoms with Crippen LogP contribution in [0.15, 0.2) is 23.1 Å². The van der Waals surface area contributed by atoms with Crippen LogP contribution in [-0.2, 0) is 10.0 Å². The number of carboxylic acids is 1. The van der Waals surface area contributed by atoms with Gasteiger partial charge >= 0.3 is 5.97 Å². The SMILES string of the molecule is Cc1n[nH]c(C)c1S(=O)(=O)Nc1ccc(I)cc1C(=O)O. The van der Waals surface area contributed by atoms with Crippen LogP contribution in [-0.4, -0.2) is 29.7 Å². The molecule has 0 bridgehead atoms. The topological polar surface area (TPSA) is 112 Å². The molecule has 2 aromatic rings. The molecule has 112 valence electrons. The highest BCUT2D eigenvalue weighted by molar-refractivity contribution is 14.1. The van der Waals surface area contributed by atoms with Crippen molar-refractivity contribution in [1.82, 2.24) is 10.2 Å². The molecule has 9 heteroatoms. The van der Waals surface area contributed by atoms with Crippen LogP contribution in [0.3, 0.4) is 0 Å². The second kappa shape index (κ2) is 5.64. The summed E-state index contributed by atoms with van der Waals surface area (Å²) in [6.45, 7) is 3.14. The van der Waals surface area contributed by atoms with E-state index in [1.165, 1.54) is 12.1 Å². The average Bonchev–Trinajstić information content (AvgIpc) is 2.71. The number of benzene rings is 1. The standard InChI is InChI=1S/C12H12IN3O4S/c1-6-11(7(2)15-14-6)21(19,20)16-10-4-3-8(13)5-9(10)12(17)18/h3-5,16H,1-2H3,(H,14,15)(H,17,18). The maximum absolute atomic E-state index is 12.4. The van der Waals surface area contributed by atoms with Crippen molar-refractivity contribution in [2.45, 2.75) is 18.7 Å². The van der Waals surface area contributed by atoms with Crippen molar-refractivity contribution >= 4 is 44.3 Å². The molecule has 0 amide bonds. The van der Waals surface area contributed by atoms with Crippen molar-refractivity contribution in [3.05, 3.63) is 38.7 Å². The number of aromatic carboxylic acids is 1. The number of hydrogen-bond donors (Lipinski definition) is 3. The van der Waals surface area contributed by atoms with E-state index in [0.717, 1.165) is 0 Å². The fourth-order valence-electron chi connectivity index (χ4n) is 1.91. The lowest BCUT2D eigenvalue weighted by Crippen LogP contribution is -2.17. The van der Waals surface area contributed by atoms with Crippen molar-refractivity contribution in [3.8, 4) is 0 Å². The molecular weight excluding hydrogens is 409 g/mol. The average molecular weight is 421 g/mol. The molecule has 2 rings (SSSR count). The maximum atomic E-state index is 12.4. The Kier molecular flexibility index (Phi) is 4.23. The normalized spacial score (nSPS) is 11.4. The fourth-order valence-corrected chi connectivity index (χ4v) is 3.86. The highest BCUT2D eigenvalue weighted by Crippen LogP contribution is 2.24. The first-order valence-electron chi connectivity index (χ1n) is 5.79. The highest BCUT2D eigenvalue weighted by Gasteiger charge is 2.24. The molecule has 0 aliphatic heterocycles. The first-order chi connectivity index (χ1) is 9.72. The molecule has 0 saturated carbocycles. The summed E-state index contributed by atoms with van der Waals surface area (Å²) >= 11 is 1.96. The number of carboxylic acid groups (broad SMARTS) is 1. The number of rotatable bonds is 4. The number of aromatic amines is 1. The summed E-state index contributed by atoms with van der Waals surface area (Å²) in [6.07, 6.45) is 0. The largest absolute Gasteiger partial charge is 0.478 e. The predicted molar refractivity (Wildman–Crippen MR) is 85.0 cm³/mol. The third kappa shape index (κ3) is 3.18. The number of carbonyl (C=O) groups is 1. The second-order valence-electron chi connectivity index (χ2n) is 4.36. The Morgan fingerprint density at radius 2 is 2.05 bits per heavy atom. The van der Waals surface area contributed by atoms with E-state index >= 15 is 0 Å². The smallest absolute Gasteiger partial charge is 0.337 e. The molecule has 0 radical (unpaired) electrons. The number of aromatic nitrogens is 2. The number of aryl methyl sites for hydroxylation is 2. The van der Waals surface area contributed by atoms with E-state index < -0.39 is 16.0 Å². The first-order valence-corrected chi connectivity index (χ1v) is 8.36. The molecule has 0 fully saturated rings. The Morgan fingerprint density at radius 1 is 1.38 bits per heavy atom. The van der Waals surface area contributed by atoms with Gasteiger partial charge in [0.2, 0.25) is 0 Å². The summed E-state index contributed by atoms with van der Waals surface area (Å²) in [7, 11) is -3.91. The van der Waals surface area contributed by atoms with Gasteiger partial charge in [0.05, 0.1) is 22.6 Å². The van der Waals surface area contributed by atoms with E-state index in [-0.39, 0.29) is 16.1 Å². The number of nitrogens with one attached hydrogen (secondary N) is 2. The van der Waals surface area contributed by atoms with Crippen LogP contribution in [0, 0.1) is 17.4 Å². The Morgan fingerprint density at radius 3 is 2.57 bits per heavy atom. The fraction of sp³-hybridized carbons (Fsp3) is 0.167. The molecule has 0 spiro atoms. The minimum atomic E-state index is -3.91. The predicted octanol–water partition coefficient (Wildman–Crippen LogP) is 2.13. The van der Waals surface area contributed by atoms with Crippen molar-refractivity contribution in [3.63, 3.8) is 0 Å². The number of H-pyrrole nitrogens is 1. The van der Waals surface area contributed by atoms with E-state index in [9.17, 15) is 18.3 Å². The van der Waals surface area contributed by atoms with Gasteiger partial charge in [-0.2, -0.15) is 5.10 Å². The van der Waals surface area contributed by atoms with Crippen LogP contribution >= 0.6 is 22.6 Å². The Hall–Kier alpha value is -1.62. The molecule has 1 aromatic heterocycles. The Bertz CT molecular complexity index is 794. The lowest BCUT2D eigenvalue weighted by molar-refractivity contribution is 0.0698. The molecule has 0 atom stereocenters. The lowest BCUT2D eigenvalue weighted by Gasteiger charge is -2.11. The van der Waals surface area contributed by atoms with Crippen LogP contribution in [0.4, 0.5) is 5.69 Å². The van der Waals surface area contributed by atoms with E-state index in [1.807, 2.05) is 22.6 Å². The van der Waals surface area contributed by atoms with Crippen molar-refractivity contribution in [2.24, 2.45) is 0 Å². The van der Waals surface area contributed by atoms with Crippen LogP contribution in [0.2, 0.25) is 0 Å².